The number of benzene rings is 1. The summed E-state index contributed by atoms with van der Waals surface area (Å²) in [4.78, 5) is 13.8. The molecule has 1 aromatic heterocycles. The van der Waals surface area contributed by atoms with Gasteiger partial charge in [-0.05, 0) is 53.4 Å². The van der Waals surface area contributed by atoms with Crippen molar-refractivity contribution in [3.05, 3.63) is 57.8 Å². The van der Waals surface area contributed by atoms with Gasteiger partial charge in [-0.25, -0.2) is 8.78 Å². The number of carbonyl (C=O) groups is 1. The van der Waals surface area contributed by atoms with Crippen LogP contribution in [-0.2, 0) is 17.8 Å². The zero-order valence-electron chi connectivity index (χ0n) is 11.8. The lowest BCUT2D eigenvalue weighted by atomic mass is 10.1. The first-order chi connectivity index (χ1) is 10.1. The Morgan fingerprint density at radius 3 is 2.62 bits per heavy atom. The third kappa shape index (κ3) is 4.36. The van der Waals surface area contributed by atoms with Crippen LogP contribution in [0.3, 0.4) is 0 Å². The molecule has 2 nitrogen and oxygen atoms in total. The molecule has 21 heavy (non-hydrogen) atoms. The number of hydrogen-bond donors (Lipinski definition) is 0. The van der Waals surface area contributed by atoms with E-state index in [-0.39, 0.29) is 5.91 Å². The van der Waals surface area contributed by atoms with E-state index in [1.54, 1.807) is 16.2 Å². The first-order valence-electron chi connectivity index (χ1n) is 6.83. The number of hydrogen-bond acceptors (Lipinski definition) is 2. The minimum Gasteiger partial charge on any atom is -0.339 e. The summed E-state index contributed by atoms with van der Waals surface area (Å²) in [5, 5.41) is 4.01. The van der Waals surface area contributed by atoms with Gasteiger partial charge in [0.15, 0.2) is 11.6 Å². The van der Waals surface area contributed by atoms with Gasteiger partial charge < -0.3 is 4.90 Å². The van der Waals surface area contributed by atoms with Gasteiger partial charge in [0.2, 0.25) is 5.91 Å². The number of amides is 1. The van der Waals surface area contributed by atoms with E-state index in [0.29, 0.717) is 31.5 Å². The highest BCUT2D eigenvalue weighted by Gasteiger charge is 2.13. The van der Waals surface area contributed by atoms with E-state index in [1.807, 2.05) is 23.8 Å². The Morgan fingerprint density at radius 2 is 2.00 bits per heavy atom. The highest BCUT2D eigenvalue weighted by Crippen LogP contribution is 2.13. The fourth-order valence-electron chi connectivity index (χ4n) is 2.08. The Morgan fingerprint density at radius 1 is 1.19 bits per heavy atom. The van der Waals surface area contributed by atoms with Gasteiger partial charge in [-0.2, -0.15) is 11.3 Å². The van der Waals surface area contributed by atoms with E-state index in [0.717, 1.165) is 17.7 Å². The molecule has 0 unspecified atom stereocenters. The molecule has 1 aromatic carbocycles. The van der Waals surface area contributed by atoms with Gasteiger partial charge in [-0.1, -0.05) is 6.07 Å². The summed E-state index contributed by atoms with van der Waals surface area (Å²) in [5.41, 5.74) is 1.75. The molecule has 0 saturated carbocycles. The molecule has 0 saturated heterocycles. The number of rotatable bonds is 6. The van der Waals surface area contributed by atoms with Gasteiger partial charge in [-0.3, -0.25) is 4.79 Å². The fraction of sp³-hybridized carbons (Fsp3) is 0.312. The zero-order chi connectivity index (χ0) is 15.2. The topological polar surface area (TPSA) is 20.3 Å². The molecule has 112 valence electrons. The molecule has 0 aliphatic rings. The normalized spacial score (nSPS) is 10.6. The Kier molecular flexibility index (Phi) is 5.44. The van der Waals surface area contributed by atoms with Gasteiger partial charge in [0.1, 0.15) is 0 Å². The molecule has 1 amide bonds. The molecule has 5 heteroatoms. The Balaban J connectivity index is 1.95. The number of aryl methyl sites for hydroxylation is 1. The lowest BCUT2D eigenvalue weighted by Crippen LogP contribution is -2.30. The van der Waals surface area contributed by atoms with E-state index in [9.17, 15) is 13.6 Å². The molecule has 0 N–H and O–H groups in total. The van der Waals surface area contributed by atoms with Crippen LogP contribution in [0.2, 0.25) is 0 Å². The predicted molar refractivity (Wildman–Crippen MR) is 80.1 cm³/mol. The van der Waals surface area contributed by atoms with Crippen LogP contribution in [0, 0.1) is 11.6 Å². The maximum atomic E-state index is 13.2. The maximum Gasteiger partial charge on any atom is 0.223 e. The molecular formula is C16H17F2NOS. The second kappa shape index (κ2) is 7.31. The highest BCUT2D eigenvalue weighted by molar-refractivity contribution is 7.07. The third-order valence-electron chi connectivity index (χ3n) is 3.30. The van der Waals surface area contributed by atoms with Crippen LogP contribution in [0.1, 0.15) is 24.5 Å². The molecule has 0 aliphatic carbocycles. The standard InChI is InChI=1S/C16H17F2NOS/c1-2-19(10-13-3-5-14(17)15(18)9-13)16(20)6-4-12-7-8-21-11-12/h3,5,7-9,11H,2,4,6,10H2,1H3. The van der Waals surface area contributed by atoms with Gasteiger partial charge >= 0.3 is 0 Å². The summed E-state index contributed by atoms with van der Waals surface area (Å²) in [6, 6.07) is 5.75. The Labute approximate surface area is 127 Å². The summed E-state index contributed by atoms with van der Waals surface area (Å²) in [7, 11) is 0. The summed E-state index contributed by atoms with van der Waals surface area (Å²) in [6.07, 6.45) is 1.13. The number of thiophene rings is 1. The van der Waals surface area contributed by atoms with E-state index in [2.05, 4.69) is 0 Å². The summed E-state index contributed by atoms with van der Waals surface area (Å²) in [5.74, 6) is -1.73. The number of nitrogens with zero attached hydrogens (tertiary/aromatic N) is 1. The van der Waals surface area contributed by atoms with Crippen LogP contribution in [-0.4, -0.2) is 17.4 Å². The molecule has 0 radical (unpaired) electrons. The van der Waals surface area contributed by atoms with E-state index in [1.165, 1.54) is 6.07 Å². The van der Waals surface area contributed by atoms with Crippen LogP contribution in [0.25, 0.3) is 0 Å². The minimum absolute atomic E-state index is 0.0217. The van der Waals surface area contributed by atoms with Crippen molar-refractivity contribution in [3.8, 4) is 0 Å². The molecule has 2 rings (SSSR count). The Hall–Kier alpha value is -1.75. The van der Waals surface area contributed by atoms with Crippen molar-refractivity contribution in [2.24, 2.45) is 0 Å². The third-order valence-corrected chi connectivity index (χ3v) is 4.03. The first-order valence-corrected chi connectivity index (χ1v) is 7.77. The molecule has 2 aromatic rings. The van der Waals surface area contributed by atoms with Crippen LogP contribution in [0.15, 0.2) is 35.0 Å². The van der Waals surface area contributed by atoms with E-state index < -0.39 is 11.6 Å². The lowest BCUT2D eigenvalue weighted by molar-refractivity contribution is -0.131. The SMILES string of the molecule is CCN(Cc1ccc(F)c(F)c1)C(=O)CCc1ccsc1. The smallest absolute Gasteiger partial charge is 0.223 e. The molecule has 0 bridgehead atoms. The second-order valence-electron chi connectivity index (χ2n) is 4.79. The van der Waals surface area contributed by atoms with E-state index >= 15 is 0 Å². The average molecular weight is 309 g/mol. The molecule has 1 heterocycles. The van der Waals surface area contributed by atoms with Crippen molar-refractivity contribution in [2.45, 2.75) is 26.3 Å². The van der Waals surface area contributed by atoms with Crippen molar-refractivity contribution < 1.29 is 13.6 Å². The Bertz CT molecular complexity index is 598. The van der Waals surface area contributed by atoms with Gasteiger partial charge in [-0.15, -0.1) is 0 Å². The van der Waals surface area contributed by atoms with Crippen molar-refractivity contribution in [2.75, 3.05) is 6.54 Å². The zero-order valence-corrected chi connectivity index (χ0v) is 12.6. The maximum absolute atomic E-state index is 13.2. The summed E-state index contributed by atoms with van der Waals surface area (Å²) < 4.78 is 26.1. The van der Waals surface area contributed by atoms with Gasteiger partial charge in [0.05, 0.1) is 0 Å². The first kappa shape index (κ1) is 15.6. The average Bonchev–Trinajstić information content (AvgIpc) is 2.99. The molecule has 0 aliphatic heterocycles. The second-order valence-corrected chi connectivity index (χ2v) is 5.57. The van der Waals surface area contributed by atoms with Crippen LogP contribution >= 0.6 is 11.3 Å². The van der Waals surface area contributed by atoms with Crippen LogP contribution in [0.4, 0.5) is 8.78 Å². The fourth-order valence-corrected chi connectivity index (χ4v) is 2.78. The van der Waals surface area contributed by atoms with E-state index in [4.69, 9.17) is 0 Å². The number of halogens is 2. The van der Waals surface area contributed by atoms with Crippen molar-refractivity contribution >= 4 is 17.2 Å². The molecule has 0 spiro atoms. The monoisotopic (exact) mass is 309 g/mol. The molecular weight excluding hydrogens is 292 g/mol. The van der Waals surface area contributed by atoms with Crippen LogP contribution < -0.4 is 0 Å². The van der Waals surface area contributed by atoms with Crippen molar-refractivity contribution in [1.82, 2.24) is 4.90 Å². The largest absolute Gasteiger partial charge is 0.339 e. The molecule has 0 fully saturated rings. The predicted octanol–water partition coefficient (Wildman–Crippen LogP) is 4.01. The molecule has 0 atom stereocenters. The van der Waals surface area contributed by atoms with Gasteiger partial charge in [0, 0.05) is 19.5 Å². The van der Waals surface area contributed by atoms with Crippen molar-refractivity contribution in [3.63, 3.8) is 0 Å². The summed E-state index contributed by atoms with van der Waals surface area (Å²) >= 11 is 1.61. The number of carbonyl (C=O) groups excluding carboxylic acids is 1. The highest BCUT2D eigenvalue weighted by atomic mass is 32.1. The minimum atomic E-state index is -0.880. The summed E-state index contributed by atoms with van der Waals surface area (Å²) in [6.45, 7) is 2.72. The quantitative estimate of drug-likeness (QED) is 0.789. The van der Waals surface area contributed by atoms with Gasteiger partial charge in [0.25, 0.3) is 0 Å². The van der Waals surface area contributed by atoms with Crippen molar-refractivity contribution in [1.29, 1.82) is 0 Å². The lowest BCUT2D eigenvalue weighted by Gasteiger charge is -2.21. The van der Waals surface area contributed by atoms with Crippen LogP contribution in [0.5, 0.6) is 0 Å².